The molecule has 0 unspecified atom stereocenters. The second-order valence-electron chi connectivity index (χ2n) is 7.41. The first-order chi connectivity index (χ1) is 14.5. The van der Waals surface area contributed by atoms with Crippen LogP contribution < -0.4 is 14.2 Å². The summed E-state index contributed by atoms with van der Waals surface area (Å²) in [7, 11) is 0. The Morgan fingerprint density at radius 1 is 0.935 bits per heavy atom. The number of oxime groups is 1. The Balaban J connectivity index is 1.99. The van der Waals surface area contributed by atoms with E-state index < -0.39 is 0 Å². The monoisotopic (exact) mass is 505 g/mol. The van der Waals surface area contributed by atoms with Crippen molar-refractivity contribution in [1.82, 2.24) is 0 Å². The van der Waals surface area contributed by atoms with Gasteiger partial charge in [-0.05, 0) is 58.0 Å². The molecule has 2 rings (SSSR count). The Labute approximate surface area is 202 Å². The summed E-state index contributed by atoms with van der Waals surface area (Å²) in [5.41, 5.74) is 0.267. The number of halogens is 4. The van der Waals surface area contributed by atoms with Crippen molar-refractivity contribution in [3.63, 3.8) is 0 Å². The third kappa shape index (κ3) is 9.48. The van der Waals surface area contributed by atoms with Crippen molar-refractivity contribution in [1.29, 1.82) is 0 Å². The zero-order valence-electron chi connectivity index (χ0n) is 17.5. The predicted molar refractivity (Wildman–Crippen MR) is 128 cm³/mol. The van der Waals surface area contributed by atoms with Gasteiger partial charge in [0.05, 0.1) is 15.8 Å². The van der Waals surface area contributed by atoms with Crippen LogP contribution in [0.15, 0.2) is 52.1 Å². The van der Waals surface area contributed by atoms with E-state index in [0.717, 1.165) is 0 Å². The molecule has 2 aromatic carbocycles. The van der Waals surface area contributed by atoms with E-state index in [1.54, 1.807) is 49.4 Å². The number of hydrogen-bond donors (Lipinski definition) is 0. The third-order valence-corrected chi connectivity index (χ3v) is 4.29. The molecule has 0 aromatic heterocycles. The van der Waals surface area contributed by atoms with Gasteiger partial charge in [-0.3, -0.25) is 0 Å². The van der Waals surface area contributed by atoms with Gasteiger partial charge in [-0.25, -0.2) is 0 Å². The topological polar surface area (TPSA) is 49.3 Å². The van der Waals surface area contributed by atoms with Crippen LogP contribution >= 0.6 is 46.4 Å². The maximum Gasteiger partial charge on any atom is 0.157 e. The van der Waals surface area contributed by atoms with Crippen molar-refractivity contribution < 1.29 is 19.0 Å². The molecule has 0 bridgehead atoms. The van der Waals surface area contributed by atoms with Crippen LogP contribution in [0.5, 0.6) is 23.0 Å². The van der Waals surface area contributed by atoms with E-state index in [4.69, 9.17) is 65.5 Å². The molecule has 9 heteroatoms. The van der Waals surface area contributed by atoms with Crippen LogP contribution in [0.2, 0.25) is 10.0 Å². The molecule has 0 N–H and O–H groups in total. The Morgan fingerprint density at radius 3 is 2.06 bits per heavy atom. The summed E-state index contributed by atoms with van der Waals surface area (Å²) in [6.07, 6.45) is 1.55. The van der Waals surface area contributed by atoms with E-state index in [0.29, 0.717) is 38.8 Å². The number of rotatable bonds is 9. The lowest BCUT2D eigenvalue weighted by atomic mass is 10.2. The van der Waals surface area contributed by atoms with Crippen LogP contribution in [0.3, 0.4) is 0 Å². The van der Waals surface area contributed by atoms with E-state index in [1.165, 1.54) is 0 Å². The minimum Gasteiger partial charge on any atom is -0.489 e. The van der Waals surface area contributed by atoms with Crippen molar-refractivity contribution in [2.45, 2.75) is 33.3 Å². The van der Waals surface area contributed by atoms with Gasteiger partial charge < -0.3 is 19.0 Å². The van der Waals surface area contributed by atoms with Crippen LogP contribution in [-0.2, 0) is 4.84 Å². The van der Waals surface area contributed by atoms with Crippen molar-refractivity contribution in [3.8, 4) is 23.0 Å². The number of benzene rings is 2. The minimum absolute atomic E-state index is 0.154. The molecule has 0 spiro atoms. The fourth-order valence-electron chi connectivity index (χ4n) is 2.09. The third-order valence-electron chi connectivity index (χ3n) is 3.42. The molecule has 168 valence electrons. The first kappa shape index (κ1) is 25.5. The molecular formula is C22H23Cl4NO4. The Hall–Kier alpha value is -1.79. The van der Waals surface area contributed by atoms with Crippen LogP contribution in [0.4, 0.5) is 0 Å². The van der Waals surface area contributed by atoms with Gasteiger partial charge in [0, 0.05) is 12.1 Å². The molecule has 0 saturated heterocycles. The summed E-state index contributed by atoms with van der Waals surface area (Å²) in [4.78, 5) is 5.36. The smallest absolute Gasteiger partial charge is 0.157 e. The standard InChI is InChI=1S/C22H23Cl4NO4/c1-14(27-31-22(2,3)4)13-29-21-18(23)11-17(12-19(21)24)30-16-7-5-15(6-8-16)28-10-9-20(25)26/h5-9,11-12H,10,13H2,1-4H3. The molecule has 0 amide bonds. The highest BCUT2D eigenvalue weighted by atomic mass is 35.5. The molecule has 5 nitrogen and oxygen atoms in total. The summed E-state index contributed by atoms with van der Waals surface area (Å²) in [6, 6.07) is 10.3. The summed E-state index contributed by atoms with van der Waals surface area (Å²) >= 11 is 23.8. The van der Waals surface area contributed by atoms with E-state index in [1.807, 2.05) is 20.8 Å². The molecule has 0 fully saturated rings. The van der Waals surface area contributed by atoms with Crippen LogP contribution in [0, 0.1) is 0 Å². The Kier molecular flexibility index (Phi) is 9.63. The van der Waals surface area contributed by atoms with E-state index >= 15 is 0 Å². The lowest BCUT2D eigenvalue weighted by molar-refractivity contribution is 0.0000976. The molecule has 0 aliphatic carbocycles. The zero-order chi connectivity index (χ0) is 23.0. The van der Waals surface area contributed by atoms with Gasteiger partial charge in [0.15, 0.2) is 5.75 Å². The summed E-state index contributed by atoms with van der Waals surface area (Å²) in [6.45, 7) is 7.97. The van der Waals surface area contributed by atoms with Gasteiger partial charge in [-0.2, -0.15) is 0 Å². The van der Waals surface area contributed by atoms with E-state index in [-0.39, 0.29) is 23.3 Å². The molecular weight excluding hydrogens is 484 g/mol. The van der Waals surface area contributed by atoms with Gasteiger partial charge in [0.25, 0.3) is 0 Å². The van der Waals surface area contributed by atoms with Crippen LogP contribution in [-0.4, -0.2) is 24.5 Å². The highest BCUT2D eigenvalue weighted by Gasteiger charge is 2.13. The highest BCUT2D eigenvalue weighted by Crippen LogP contribution is 2.38. The first-order valence-corrected chi connectivity index (χ1v) is 10.8. The number of nitrogens with zero attached hydrogens (tertiary/aromatic N) is 1. The maximum absolute atomic E-state index is 6.33. The summed E-state index contributed by atoms with van der Waals surface area (Å²) in [5, 5.41) is 4.66. The summed E-state index contributed by atoms with van der Waals surface area (Å²) in [5.74, 6) is 2.04. The molecule has 0 aliphatic heterocycles. The summed E-state index contributed by atoms with van der Waals surface area (Å²) < 4.78 is 17.2. The Morgan fingerprint density at radius 2 is 1.52 bits per heavy atom. The van der Waals surface area contributed by atoms with Crippen LogP contribution in [0.1, 0.15) is 27.7 Å². The fraction of sp³-hybridized carbons (Fsp3) is 0.318. The first-order valence-electron chi connectivity index (χ1n) is 9.29. The molecule has 0 saturated carbocycles. The van der Waals surface area contributed by atoms with Gasteiger partial charge in [0.1, 0.15) is 40.6 Å². The largest absolute Gasteiger partial charge is 0.489 e. The molecule has 0 aliphatic rings. The molecule has 0 atom stereocenters. The molecule has 0 radical (unpaired) electrons. The predicted octanol–water partition coefficient (Wildman–Crippen LogP) is 8.05. The zero-order valence-corrected chi connectivity index (χ0v) is 20.6. The van der Waals surface area contributed by atoms with Gasteiger partial charge in [0.2, 0.25) is 0 Å². The second-order valence-corrected chi connectivity index (χ2v) is 9.24. The van der Waals surface area contributed by atoms with Crippen molar-refractivity contribution in [2.24, 2.45) is 5.16 Å². The van der Waals surface area contributed by atoms with Crippen molar-refractivity contribution in [3.05, 3.63) is 57.0 Å². The molecule has 31 heavy (non-hydrogen) atoms. The minimum atomic E-state index is -0.380. The molecule has 2 aromatic rings. The lowest BCUT2D eigenvalue weighted by Gasteiger charge is -2.16. The van der Waals surface area contributed by atoms with E-state index in [9.17, 15) is 0 Å². The number of ether oxygens (including phenoxy) is 3. The maximum atomic E-state index is 6.33. The van der Waals surface area contributed by atoms with Crippen LogP contribution in [0.25, 0.3) is 0 Å². The Bertz CT molecular complexity index is 911. The molecule has 0 heterocycles. The second kappa shape index (κ2) is 11.7. The average Bonchev–Trinajstić information content (AvgIpc) is 2.66. The number of hydrogen-bond acceptors (Lipinski definition) is 5. The van der Waals surface area contributed by atoms with E-state index in [2.05, 4.69) is 5.16 Å². The van der Waals surface area contributed by atoms with Crippen molar-refractivity contribution >= 4 is 52.1 Å². The quantitative estimate of drug-likeness (QED) is 0.255. The van der Waals surface area contributed by atoms with Gasteiger partial charge in [-0.1, -0.05) is 51.6 Å². The fourth-order valence-corrected chi connectivity index (χ4v) is 2.79. The average molecular weight is 507 g/mol. The SMILES string of the molecule is CC(COc1c(Cl)cc(Oc2ccc(OCC=C(Cl)Cl)cc2)cc1Cl)=NOC(C)(C)C. The highest BCUT2D eigenvalue weighted by molar-refractivity contribution is 6.55. The van der Waals surface area contributed by atoms with Gasteiger partial charge in [-0.15, -0.1) is 0 Å². The van der Waals surface area contributed by atoms with Gasteiger partial charge >= 0.3 is 0 Å². The lowest BCUT2D eigenvalue weighted by Crippen LogP contribution is -2.18. The normalized spacial score (nSPS) is 11.7. The van der Waals surface area contributed by atoms with Crippen molar-refractivity contribution in [2.75, 3.05) is 13.2 Å².